The van der Waals surface area contributed by atoms with E-state index in [1.165, 1.54) is 19.3 Å². The third-order valence-electron chi connectivity index (χ3n) is 4.15. The van der Waals surface area contributed by atoms with Crippen molar-refractivity contribution in [3.05, 3.63) is 11.4 Å². The van der Waals surface area contributed by atoms with Gasteiger partial charge in [0.1, 0.15) is 17.5 Å². The van der Waals surface area contributed by atoms with Crippen molar-refractivity contribution in [2.75, 3.05) is 24.2 Å². The van der Waals surface area contributed by atoms with Gasteiger partial charge in [0.2, 0.25) is 0 Å². The molecule has 2 N–H and O–H groups in total. The molecule has 1 aromatic rings. The fourth-order valence-corrected chi connectivity index (χ4v) is 2.38. The molecule has 3 rings (SSSR count). The molecule has 0 aliphatic heterocycles. The fourth-order valence-electron chi connectivity index (χ4n) is 2.38. The molecule has 4 heteroatoms. The van der Waals surface area contributed by atoms with Gasteiger partial charge in [-0.15, -0.1) is 0 Å². The molecule has 0 aromatic carbocycles. The number of anilines is 2. The molecule has 2 saturated carbocycles. The zero-order valence-corrected chi connectivity index (χ0v) is 11.5. The largest absolute Gasteiger partial charge is 0.373 e. The van der Waals surface area contributed by atoms with E-state index in [0.29, 0.717) is 5.92 Å². The van der Waals surface area contributed by atoms with Crippen molar-refractivity contribution in [3.8, 4) is 0 Å². The third-order valence-corrected chi connectivity index (χ3v) is 4.15. The van der Waals surface area contributed by atoms with Crippen LogP contribution in [0, 0.1) is 18.8 Å². The molecule has 4 nitrogen and oxygen atoms in total. The van der Waals surface area contributed by atoms with Crippen LogP contribution in [0.4, 0.5) is 11.6 Å². The van der Waals surface area contributed by atoms with Gasteiger partial charge >= 0.3 is 0 Å². The van der Waals surface area contributed by atoms with E-state index >= 15 is 0 Å². The Morgan fingerprint density at radius 3 is 2.44 bits per heavy atom. The van der Waals surface area contributed by atoms with Gasteiger partial charge in [-0.05, 0) is 38.0 Å². The van der Waals surface area contributed by atoms with Gasteiger partial charge in [-0.3, -0.25) is 0 Å². The number of nitrogens with zero attached hydrogens (tertiary/aromatic N) is 2. The maximum atomic E-state index is 4.71. The molecule has 0 bridgehead atoms. The first kappa shape index (κ1) is 11.8. The van der Waals surface area contributed by atoms with Gasteiger partial charge in [0.05, 0.1) is 0 Å². The lowest BCUT2D eigenvalue weighted by molar-refractivity contribution is 0.780. The highest BCUT2D eigenvalue weighted by Crippen LogP contribution is 2.40. The SMILES string of the molecule is CNc1nc(C2CC2)nc(NCC2CC2C)c1C. The Bertz CT molecular complexity index is 453. The molecule has 18 heavy (non-hydrogen) atoms. The summed E-state index contributed by atoms with van der Waals surface area (Å²) in [5.41, 5.74) is 1.13. The predicted octanol–water partition coefficient (Wildman–Crippen LogP) is 2.77. The molecule has 98 valence electrons. The van der Waals surface area contributed by atoms with Crippen LogP contribution in [0.2, 0.25) is 0 Å². The Hall–Kier alpha value is -1.32. The first-order valence-corrected chi connectivity index (χ1v) is 6.99. The minimum absolute atomic E-state index is 0.595. The Labute approximate surface area is 109 Å². The number of rotatable bonds is 5. The molecule has 0 radical (unpaired) electrons. The van der Waals surface area contributed by atoms with E-state index in [1.54, 1.807) is 0 Å². The average Bonchev–Trinajstić information content (AvgIpc) is 3.25. The average molecular weight is 246 g/mol. The second-order valence-corrected chi connectivity index (χ2v) is 5.78. The van der Waals surface area contributed by atoms with Gasteiger partial charge in [0.25, 0.3) is 0 Å². The molecular formula is C14H22N4. The van der Waals surface area contributed by atoms with Crippen molar-refractivity contribution >= 4 is 11.6 Å². The second-order valence-electron chi connectivity index (χ2n) is 5.78. The van der Waals surface area contributed by atoms with Gasteiger partial charge in [-0.25, -0.2) is 9.97 Å². The van der Waals surface area contributed by atoms with E-state index in [4.69, 9.17) is 4.98 Å². The number of hydrogen-bond donors (Lipinski definition) is 2. The number of aromatic nitrogens is 2. The molecule has 0 saturated heterocycles. The number of hydrogen-bond acceptors (Lipinski definition) is 4. The van der Waals surface area contributed by atoms with E-state index in [0.717, 1.165) is 41.4 Å². The highest BCUT2D eigenvalue weighted by Gasteiger charge is 2.32. The number of nitrogens with one attached hydrogen (secondary N) is 2. The predicted molar refractivity (Wildman–Crippen MR) is 74.1 cm³/mol. The summed E-state index contributed by atoms with van der Waals surface area (Å²) in [5, 5.41) is 6.69. The topological polar surface area (TPSA) is 49.8 Å². The maximum Gasteiger partial charge on any atom is 0.136 e. The standard InChI is InChI=1S/C14H22N4/c1-8-6-11(8)7-16-13-9(2)12(15-3)17-14(18-13)10-4-5-10/h8,10-11H,4-7H2,1-3H3,(H2,15,16,17,18). The molecule has 2 unspecified atom stereocenters. The summed E-state index contributed by atoms with van der Waals surface area (Å²) < 4.78 is 0. The minimum Gasteiger partial charge on any atom is -0.373 e. The van der Waals surface area contributed by atoms with Crippen LogP contribution in [0.1, 0.15) is 43.5 Å². The van der Waals surface area contributed by atoms with E-state index in [-0.39, 0.29) is 0 Å². The molecule has 2 fully saturated rings. The van der Waals surface area contributed by atoms with Gasteiger partial charge in [0.15, 0.2) is 0 Å². The molecule has 2 aliphatic carbocycles. The van der Waals surface area contributed by atoms with Gasteiger partial charge in [-0.2, -0.15) is 0 Å². The maximum absolute atomic E-state index is 4.71. The third kappa shape index (κ3) is 2.28. The molecule has 2 atom stereocenters. The van der Waals surface area contributed by atoms with Crippen molar-refractivity contribution in [2.45, 2.75) is 39.0 Å². The quantitative estimate of drug-likeness (QED) is 0.838. The van der Waals surface area contributed by atoms with E-state index < -0.39 is 0 Å². The smallest absolute Gasteiger partial charge is 0.136 e. The summed E-state index contributed by atoms with van der Waals surface area (Å²) in [6.45, 7) is 5.45. The van der Waals surface area contributed by atoms with Crippen LogP contribution in [-0.4, -0.2) is 23.6 Å². The van der Waals surface area contributed by atoms with Gasteiger partial charge in [-0.1, -0.05) is 6.92 Å². The van der Waals surface area contributed by atoms with Crippen molar-refractivity contribution in [2.24, 2.45) is 11.8 Å². The Morgan fingerprint density at radius 2 is 1.89 bits per heavy atom. The second kappa shape index (κ2) is 4.41. The van der Waals surface area contributed by atoms with E-state index in [2.05, 4.69) is 29.5 Å². The van der Waals surface area contributed by atoms with Crippen molar-refractivity contribution in [3.63, 3.8) is 0 Å². The monoisotopic (exact) mass is 246 g/mol. The molecular weight excluding hydrogens is 224 g/mol. The van der Waals surface area contributed by atoms with Crippen LogP contribution in [0.5, 0.6) is 0 Å². The van der Waals surface area contributed by atoms with Crippen molar-refractivity contribution < 1.29 is 0 Å². The lowest BCUT2D eigenvalue weighted by Gasteiger charge is -2.13. The highest BCUT2D eigenvalue weighted by molar-refractivity contribution is 5.57. The summed E-state index contributed by atoms with van der Waals surface area (Å²) in [6.07, 6.45) is 3.84. The van der Waals surface area contributed by atoms with E-state index in [9.17, 15) is 0 Å². The lowest BCUT2D eigenvalue weighted by Crippen LogP contribution is -2.11. The van der Waals surface area contributed by atoms with Crippen molar-refractivity contribution in [1.82, 2.24) is 9.97 Å². The zero-order valence-electron chi connectivity index (χ0n) is 11.5. The molecule has 1 heterocycles. The zero-order chi connectivity index (χ0) is 12.7. The Kier molecular flexibility index (Phi) is 2.88. The van der Waals surface area contributed by atoms with Crippen LogP contribution in [0.15, 0.2) is 0 Å². The Morgan fingerprint density at radius 1 is 1.22 bits per heavy atom. The van der Waals surface area contributed by atoms with Crippen molar-refractivity contribution in [1.29, 1.82) is 0 Å². The first-order valence-electron chi connectivity index (χ1n) is 6.99. The summed E-state index contributed by atoms with van der Waals surface area (Å²) in [6, 6.07) is 0. The Balaban J connectivity index is 1.79. The molecule has 1 aromatic heterocycles. The van der Waals surface area contributed by atoms with Crippen LogP contribution < -0.4 is 10.6 Å². The van der Waals surface area contributed by atoms with E-state index in [1.807, 2.05) is 7.05 Å². The van der Waals surface area contributed by atoms with Crippen LogP contribution >= 0.6 is 0 Å². The summed E-state index contributed by atoms with van der Waals surface area (Å²) in [5.74, 6) is 5.32. The van der Waals surface area contributed by atoms with Gasteiger partial charge < -0.3 is 10.6 Å². The summed E-state index contributed by atoms with van der Waals surface area (Å²) in [4.78, 5) is 9.31. The lowest BCUT2D eigenvalue weighted by atomic mass is 10.2. The minimum atomic E-state index is 0.595. The molecule has 0 amide bonds. The molecule has 2 aliphatic rings. The first-order chi connectivity index (χ1) is 8.69. The normalized spacial score (nSPS) is 25.9. The van der Waals surface area contributed by atoms with Gasteiger partial charge in [0, 0.05) is 25.1 Å². The van der Waals surface area contributed by atoms with Crippen LogP contribution in [0.3, 0.4) is 0 Å². The summed E-state index contributed by atoms with van der Waals surface area (Å²) >= 11 is 0. The highest BCUT2D eigenvalue weighted by atomic mass is 15.1. The molecule has 0 spiro atoms. The van der Waals surface area contributed by atoms with Crippen LogP contribution in [-0.2, 0) is 0 Å². The fraction of sp³-hybridized carbons (Fsp3) is 0.714. The summed E-state index contributed by atoms with van der Waals surface area (Å²) in [7, 11) is 1.93. The van der Waals surface area contributed by atoms with Crippen LogP contribution in [0.25, 0.3) is 0 Å².